The van der Waals surface area contributed by atoms with Crippen LogP contribution >= 0.6 is 0 Å². The van der Waals surface area contributed by atoms with Gasteiger partial charge in [0.1, 0.15) is 6.61 Å². The maximum absolute atomic E-state index is 6.35. The number of aromatic nitrogens is 2. The zero-order valence-electron chi connectivity index (χ0n) is 26.3. The maximum Gasteiger partial charge on any atom is 0.216 e. The van der Waals surface area contributed by atoms with Gasteiger partial charge in [-0.15, -0.1) is 0 Å². The van der Waals surface area contributed by atoms with E-state index in [-0.39, 0.29) is 11.5 Å². The first-order valence-electron chi connectivity index (χ1n) is 16.3. The third-order valence-electron chi connectivity index (χ3n) is 9.74. The van der Waals surface area contributed by atoms with Crippen molar-refractivity contribution in [2.45, 2.75) is 57.9 Å². The van der Waals surface area contributed by atoms with Crippen molar-refractivity contribution in [1.82, 2.24) is 9.55 Å². The second-order valence-corrected chi connectivity index (χ2v) is 13.8. The van der Waals surface area contributed by atoms with Crippen molar-refractivity contribution in [3.05, 3.63) is 120 Å². The summed E-state index contributed by atoms with van der Waals surface area (Å²) in [5.74, 6) is 1.41. The summed E-state index contributed by atoms with van der Waals surface area (Å²) in [4.78, 5) is 9.99. The maximum atomic E-state index is 6.35. The van der Waals surface area contributed by atoms with E-state index < -0.39 is 0 Å². The van der Waals surface area contributed by atoms with Gasteiger partial charge < -0.3 is 9.30 Å². The van der Waals surface area contributed by atoms with Gasteiger partial charge in [-0.05, 0) is 83.3 Å². The molecule has 3 heterocycles. The summed E-state index contributed by atoms with van der Waals surface area (Å²) in [6, 6.07) is 37.6. The molecule has 0 radical (unpaired) electrons. The average molecular weight is 590 g/mol. The van der Waals surface area contributed by atoms with Crippen molar-refractivity contribution in [2.75, 3.05) is 6.61 Å². The van der Waals surface area contributed by atoms with Crippen LogP contribution in [0.2, 0.25) is 0 Å². The molecule has 224 valence electrons. The Morgan fingerprint density at radius 3 is 2.27 bits per heavy atom. The third-order valence-corrected chi connectivity index (χ3v) is 9.74. The van der Waals surface area contributed by atoms with Gasteiger partial charge in [0.15, 0.2) is 0 Å². The minimum absolute atomic E-state index is 0.0484. The molecular formula is C41H39N3O. The zero-order chi connectivity index (χ0) is 30.5. The van der Waals surface area contributed by atoms with E-state index in [2.05, 4.69) is 128 Å². The summed E-state index contributed by atoms with van der Waals surface area (Å²) in [5, 5.41) is 2.46. The second kappa shape index (κ2) is 11.0. The van der Waals surface area contributed by atoms with Crippen molar-refractivity contribution in [3.8, 4) is 28.1 Å². The molecule has 4 nitrogen and oxygen atoms in total. The standard InChI is InChI=1S/C41H39N3O/c1-41(2,3)32-19-20-42-36(25-32)29-17-18-35-34-15-9-10-16-38(34)44(39(35)24-29)33-22-30(27-11-5-4-6-12-27)21-31(23-33)40-43-37(26-45-40)28-13-7-8-14-28/h4-6,9-12,15-25,28,37H,7-8,13-14,26H2,1-3H3/t37-/m0/s1. The summed E-state index contributed by atoms with van der Waals surface area (Å²) in [6.45, 7) is 7.43. The van der Waals surface area contributed by atoms with E-state index in [9.17, 15) is 0 Å². The van der Waals surface area contributed by atoms with E-state index in [0.29, 0.717) is 12.5 Å². The highest BCUT2D eigenvalue weighted by Crippen LogP contribution is 2.38. The van der Waals surface area contributed by atoms with Crippen LogP contribution in [0.4, 0.5) is 0 Å². The topological polar surface area (TPSA) is 39.4 Å². The van der Waals surface area contributed by atoms with Gasteiger partial charge >= 0.3 is 0 Å². The fourth-order valence-electron chi connectivity index (χ4n) is 7.25. The van der Waals surface area contributed by atoms with Gasteiger partial charge in [0.05, 0.1) is 22.8 Å². The SMILES string of the molecule is CC(C)(C)c1ccnc(-c2ccc3c4ccccc4n(-c4cc(C5=N[C@H](C6CCCC6)CO5)cc(-c5ccccc5)c4)c3c2)c1. The predicted molar refractivity (Wildman–Crippen MR) is 186 cm³/mol. The van der Waals surface area contributed by atoms with Gasteiger partial charge in [-0.3, -0.25) is 4.98 Å². The van der Waals surface area contributed by atoms with E-state index in [4.69, 9.17) is 14.7 Å². The van der Waals surface area contributed by atoms with E-state index in [1.807, 2.05) is 6.20 Å². The van der Waals surface area contributed by atoms with Crippen molar-refractivity contribution in [1.29, 1.82) is 0 Å². The number of fused-ring (bicyclic) bond motifs is 3. The molecule has 1 aliphatic heterocycles. The molecule has 1 fully saturated rings. The number of hydrogen-bond donors (Lipinski definition) is 0. The van der Waals surface area contributed by atoms with E-state index in [1.54, 1.807) is 0 Å². The lowest BCUT2D eigenvalue weighted by atomic mass is 9.87. The first kappa shape index (κ1) is 27.8. The molecule has 2 aliphatic rings. The van der Waals surface area contributed by atoms with Gasteiger partial charge in [0, 0.05) is 33.8 Å². The molecular weight excluding hydrogens is 550 g/mol. The Bertz CT molecular complexity index is 2060. The highest BCUT2D eigenvalue weighted by molar-refractivity contribution is 6.10. The van der Waals surface area contributed by atoms with Crippen molar-refractivity contribution >= 4 is 27.7 Å². The molecule has 0 spiro atoms. The van der Waals surface area contributed by atoms with E-state index in [0.717, 1.165) is 39.5 Å². The molecule has 1 saturated carbocycles. The number of hydrogen-bond acceptors (Lipinski definition) is 3. The van der Waals surface area contributed by atoms with Crippen LogP contribution in [0.3, 0.4) is 0 Å². The van der Waals surface area contributed by atoms with Crippen LogP contribution in [0, 0.1) is 5.92 Å². The molecule has 2 aromatic heterocycles. The number of aliphatic imine (C=N–C) groups is 1. The number of nitrogens with zero attached hydrogens (tertiary/aromatic N) is 3. The lowest BCUT2D eigenvalue weighted by Gasteiger charge is -2.19. The molecule has 0 amide bonds. The van der Waals surface area contributed by atoms with Crippen LogP contribution in [0.25, 0.3) is 49.9 Å². The van der Waals surface area contributed by atoms with Crippen LogP contribution in [0.5, 0.6) is 0 Å². The normalized spacial score (nSPS) is 17.2. The molecule has 8 rings (SSSR count). The molecule has 45 heavy (non-hydrogen) atoms. The van der Waals surface area contributed by atoms with Crippen molar-refractivity contribution < 1.29 is 4.74 Å². The largest absolute Gasteiger partial charge is 0.475 e. The van der Waals surface area contributed by atoms with Gasteiger partial charge in [0.25, 0.3) is 0 Å². The smallest absolute Gasteiger partial charge is 0.216 e. The Labute approximate surface area is 265 Å². The predicted octanol–water partition coefficient (Wildman–Crippen LogP) is 10.1. The van der Waals surface area contributed by atoms with Gasteiger partial charge in [-0.25, -0.2) is 4.99 Å². The molecule has 0 unspecified atom stereocenters. The van der Waals surface area contributed by atoms with Gasteiger partial charge in [-0.2, -0.15) is 0 Å². The van der Waals surface area contributed by atoms with Crippen molar-refractivity contribution in [3.63, 3.8) is 0 Å². The molecule has 0 saturated heterocycles. The molecule has 1 atom stereocenters. The van der Waals surface area contributed by atoms with Gasteiger partial charge in [0.2, 0.25) is 5.90 Å². The van der Waals surface area contributed by atoms with Crippen LogP contribution in [0.15, 0.2) is 114 Å². The van der Waals surface area contributed by atoms with Crippen LogP contribution < -0.4 is 0 Å². The number of pyridine rings is 1. The second-order valence-electron chi connectivity index (χ2n) is 13.8. The van der Waals surface area contributed by atoms with Crippen LogP contribution in [-0.2, 0) is 10.2 Å². The molecule has 1 aliphatic carbocycles. The number of benzene rings is 4. The summed E-state index contributed by atoms with van der Waals surface area (Å²) < 4.78 is 8.75. The Hall–Kier alpha value is -4.70. The number of rotatable bonds is 5. The highest BCUT2D eigenvalue weighted by Gasteiger charge is 2.30. The van der Waals surface area contributed by atoms with Crippen LogP contribution in [-0.4, -0.2) is 28.1 Å². The van der Waals surface area contributed by atoms with E-state index >= 15 is 0 Å². The third kappa shape index (κ3) is 5.12. The fraction of sp³-hybridized carbons (Fsp3) is 0.268. The highest BCUT2D eigenvalue weighted by atomic mass is 16.5. The Morgan fingerprint density at radius 1 is 0.689 bits per heavy atom. The van der Waals surface area contributed by atoms with E-state index in [1.165, 1.54) is 53.1 Å². The molecule has 4 heteroatoms. The quantitative estimate of drug-likeness (QED) is 0.201. The summed E-state index contributed by atoms with van der Waals surface area (Å²) in [5.41, 5.74) is 10.2. The molecule has 0 bridgehead atoms. The van der Waals surface area contributed by atoms with Gasteiger partial charge in [-0.1, -0.05) is 94.3 Å². The summed E-state index contributed by atoms with van der Waals surface area (Å²) in [7, 11) is 0. The first-order chi connectivity index (χ1) is 21.9. The Morgan fingerprint density at radius 2 is 1.44 bits per heavy atom. The summed E-state index contributed by atoms with van der Waals surface area (Å²) in [6.07, 6.45) is 7.08. The average Bonchev–Trinajstić information content (AvgIpc) is 3.84. The molecule has 6 aromatic rings. The lowest BCUT2D eigenvalue weighted by Crippen LogP contribution is -2.16. The lowest BCUT2D eigenvalue weighted by molar-refractivity contribution is 0.279. The summed E-state index contributed by atoms with van der Waals surface area (Å²) >= 11 is 0. The molecule has 4 aromatic carbocycles. The van der Waals surface area contributed by atoms with Crippen LogP contribution in [0.1, 0.15) is 57.6 Å². The Balaban J connectivity index is 1.33. The first-order valence-corrected chi connectivity index (χ1v) is 16.3. The number of para-hydroxylation sites is 1. The molecule has 0 N–H and O–H groups in total. The fourth-order valence-corrected chi connectivity index (χ4v) is 7.25. The minimum Gasteiger partial charge on any atom is -0.475 e. The Kier molecular flexibility index (Phi) is 6.82. The monoisotopic (exact) mass is 589 g/mol. The van der Waals surface area contributed by atoms with Crippen molar-refractivity contribution in [2.24, 2.45) is 10.9 Å². The number of ether oxygens (including phenoxy) is 1. The minimum atomic E-state index is 0.0484. The zero-order valence-corrected chi connectivity index (χ0v) is 26.3.